The zero-order valence-corrected chi connectivity index (χ0v) is 18.3. The molecule has 0 aliphatic rings. The smallest absolute Gasteiger partial charge is 0.0634 e. The highest BCUT2D eigenvalue weighted by Crippen LogP contribution is 2.45. The molecule has 9 aromatic rings. The van der Waals surface area contributed by atoms with Gasteiger partial charge in [0, 0.05) is 58.1 Å². The molecule has 1 N–H and O–H groups in total. The van der Waals surface area contributed by atoms with Crippen molar-refractivity contribution in [2.45, 2.75) is 0 Å². The van der Waals surface area contributed by atoms with E-state index in [1.807, 2.05) is 11.3 Å². The molecule has 0 saturated carbocycles. The van der Waals surface area contributed by atoms with Crippen molar-refractivity contribution < 1.29 is 0 Å². The molecule has 152 valence electrons. The molecule has 4 heterocycles. The van der Waals surface area contributed by atoms with E-state index in [9.17, 15) is 0 Å². The van der Waals surface area contributed by atoms with Crippen LogP contribution in [0.4, 0.5) is 0 Å². The van der Waals surface area contributed by atoms with Gasteiger partial charge < -0.3 is 9.38 Å². The Balaban J connectivity index is 1.78. The number of aromatic nitrogens is 2. The highest BCUT2D eigenvalue weighted by Gasteiger charge is 2.21. The van der Waals surface area contributed by atoms with Crippen molar-refractivity contribution in [3.63, 3.8) is 0 Å². The van der Waals surface area contributed by atoms with E-state index in [2.05, 4.69) is 100 Å². The first kappa shape index (κ1) is 16.5. The summed E-state index contributed by atoms with van der Waals surface area (Å²) in [5.41, 5.74) is 6.29. The first-order valence-electron chi connectivity index (χ1n) is 11.3. The quantitative estimate of drug-likeness (QED) is 0.245. The van der Waals surface area contributed by atoms with Crippen molar-refractivity contribution in [3.05, 3.63) is 91.0 Å². The Hall–Kier alpha value is -4.08. The molecule has 0 saturated heterocycles. The Labute approximate surface area is 191 Å². The van der Waals surface area contributed by atoms with Crippen molar-refractivity contribution in [2.24, 2.45) is 0 Å². The molecule has 0 spiro atoms. The maximum absolute atomic E-state index is 3.68. The lowest BCUT2D eigenvalue weighted by Crippen LogP contribution is -1.86. The van der Waals surface area contributed by atoms with Crippen LogP contribution in [0.3, 0.4) is 0 Å². The molecule has 3 heteroatoms. The van der Waals surface area contributed by atoms with Gasteiger partial charge in [-0.15, -0.1) is 11.3 Å². The third kappa shape index (κ3) is 1.81. The fourth-order valence-electron chi connectivity index (χ4n) is 6.21. The lowest BCUT2D eigenvalue weighted by Gasteiger charge is -2.03. The minimum atomic E-state index is 1.19. The van der Waals surface area contributed by atoms with Crippen molar-refractivity contribution in [3.8, 4) is 0 Å². The van der Waals surface area contributed by atoms with Crippen LogP contribution in [-0.4, -0.2) is 9.38 Å². The maximum Gasteiger partial charge on any atom is 0.0634 e. The van der Waals surface area contributed by atoms with Crippen LogP contribution in [0.1, 0.15) is 0 Å². The van der Waals surface area contributed by atoms with Gasteiger partial charge in [-0.25, -0.2) is 0 Å². The van der Waals surface area contributed by atoms with Crippen molar-refractivity contribution in [1.82, 2.24) is 9.38 Å². The highest BCUT2D eigenvalue weighted by molar-refractivity contribution is 7.26. The number of benzene rings is 5. The third-order valence-corrected chi connectivity index (χ3v) is 8.58. The second-order valence-corrected chi connectivity index (χ2v) is 10.1. The Morgan fingerprint density at radius 2 is 1.18 bits per heavy atom. The summed E-state index contributed by atoms with van der Waals surface area (Å²) in [6.07, 6.45) is 0. The molecule has 0 fully saturated rings. The number of rotatable bonds is 0. The van der Waals surface area contributed by atoms with Gasteiger partial charge in [0.1, 0.15) is 0 Å². The molecular weight excluding hydrogens is 420 g/mol. The molecule has 33 heavy (non-hydrogen) atoms. The van der Waals surface area contributed by atoms with Crippen LogP contribution in [0.2, 0.25) is 0 Å². The standard InChI is InChI=1S/C30H16N2S/c1-2-13-24-20(6-1)27-25(33-24)15-14-19-18-9-3-8-17-16-7-4-10-21-26(16)28-22(31-21)11-5-12-23(28)32(29(17)18)30(19)27/h1-15,31H. The van der Waals surface area contributed by atoms with Crippen LogP contribution >= 0.6 is 11.3 Å². The molecule has 0 radical (unpaired) electrons. The highest BCUT2D eigenvalue weighted by atomic mass is 32.1. The summed E-state index contributed by atoms with van der Waals surface area (Å²) in [6, 6.07) is 33.6. The van der Waals surface area contributed by atoms with Crippen molar-refractivity contribution in [1.29, 1.82) is 0 Å². The van der Waals surface area contributed by atoms with Crippen LogP contribution in [0.25, 0.3) is 80.1 Å². The molecule has 0 bridgehead atoms. The lowest BCUT2D eigenvalue weighted by molar-refractivity contribution is 1.37. The fourth-order valence-corrected chi connectivity index (χ4v) is 7.32. The number of nitrogens with one attached hydrogen (secondary N) is 1. The fraction of sp³-hybridized carbons (Fsp3) is 0. The molecule has 9 rings (SSSR count). The monoisotopic (exact) mass is 436 g/mol. The summed E-state index contributed by atoms with van der Waals surface area (Å²) in [7, 11) is 0. The molecule has 5 aromatic carbocycles. The number of para-hydroxylation sites is 1. The maximum atomic E-state index is 3.68. The Morgan fingerprint density at radius 1 is 0.485 bits per heavy atom. The number of hydrogen-bond acceptors (Lipinski definition) is 1. The van der Waals surface area contributed by atoms with Crippen molar-refractivity contribution in [2.75, 3.05) is 0 Å². The molecule has 0 amide bonds. The van der Waals surface area contributed by atoms with Gasteiger partial charge in [0.2, 0.25) is 0 Å². The molecular formula is C30H16N2S. The normalized spacial score (nSPS) is 12.8. The predicted molar refractivity (Wildman–Crippen MR) is 143 cm³/mol. The number of fused-ring (bicyclic) bond motifs is 9. The van der Waals surface area contributed by atoms with Gasteiger partial charge in [-0.05, 0) is 35.7 Å². The average molecular weight is 437 g/mol. The predicted octanol–water partition coefficient (Wildman–Crippen LogP) is 8.84. The average Bonchev–Trinajstić information content (AvgIpc) is 3.49. The van der Waals surface area contributed by atoms with E-state index in [0.29, 0.717) is 0 Å². The molecule has 0 atom stereocenters. The van der Waals surface area contributed by atoms with Crippen LogP contribution in [-0.2, 0) is 0 Å². The van der Waals surface area contributed by atoms with E-state index in [0.717, 1.165) is 0 Å². The van der Waals surface area contributed by atoms with Crippen LogP contribution in [0, 0.1) is 0 Å². The Morgan fingerprint density at radius 3 is 2.12 bits per heavy atom. The largest absolute Gasteiger partial charge is 0.354 e. The number of nitrogens with zero attached hydrogens (tertiary/aromatic N) is 1. The summed E-state index contributed by atoms with van der Waals surface area (Å²) >= 11 is 1.89. The van der Waals surface area contributed by atoms with Crippen LogP contribution in [0.15, 0.2) is 91.0 Å². The van der Waals surface area contributed by atoms with Crippen molar-refractivity contribution >= 4 is 91.4 Å². The first-order chi connectivity index (χ1) is 16.4. The van der Waals surface area contributed by atoms with Gasteiger partial charge in [0.15, 0.2) is 0 Å². The number of aromatic amines is 1. The van der Waals surface area contributed by atoms with Gasteiger partial charge in [-0.1, -0.05) is 60.7 Å². The third-order valence-electron chi connectivity index (χ3n) is 7.45. The summed E-state index contributed by atoms with van der Waals surface area (Å²) in [4.78, 5) is 3.68. The van der Waals surface area contributed by atoms with Gasteiger partial charge in [0.05, 0.1) is 16.6 Å². The zero-order valence-electron chi connectivity index (χ0n) is 17.5. The molecule has 0 unspecified atom stereocenters. The lowest BCUT2D eigenvalue weighted by atomic mass is 10.0. The zero-order chi connectivity index (χ0) is 21.3. The van der Waals surface area contributed by atoms with E-state index in [-0.39, 0.29) is 0 Å². The van der Waals surface area contributed by atoms with E-state index >= 15 is 0 Å². The number of hydrogen-bond donors (Lipinski definition) is 1. The van der Waals surface area contributed by atoms with Gasteiger partial charge in [-0.3, -0.25) is 0 Å². The topological polar surface area (TPSA) is 20.2 Å². The molecule has 0 aliphatic carbocycles. The number of H-pyrrole nitrogens is 1. The Kier molecular flexibility index (Phi) is 2.73. The van der Waals surface area contributed by atoms with E-state index in [1.165, 1.54) is 80.1 Å². The van der Waals surface area contributed by atoms with E-state index < -0.39 is 0 Å². The summed E-state index contributed by atoms with van der Waals surface area (Å²) in [5.74, 6) is 0. The minimum absolute atomic E-state index is 1.19. The van der Waals surface area contributed by atoms with E-state index in [1.54, 1.807) is 0 Å². The van der Waals surface area contributed by atoms with Gasteiger partial charge >= 0.3 is 0 Å². The van der Waals surface area contributed by atoms with Crippen LogP contribution in [0.5, 0.6) is 0 Å². The molecule has 0 aliphatic heterocycles. The Bertz CT molecular complexity index is 2240. The van der Waals surface area contributed by atoms with Gasteiger partial charge in [-0.2, -0.15) is 0 Å². The van der Waals surface area contributed by atoms with Crippen LogP contribution < -0.4 is 0 Å². The van der Waals surface area contributed by atoms with E-state index in [4.69, 9.17) is 0 Å². The summed E-state index contributed by atoms with van der Waals surface area (Å²) in [6.45, 7) is 0. The molecule has 2 nitrogen and oxygen atoms in total. The van der Waals surface area contributed by atoms with Gasteiger partial charge in [0.25, 0.3) is 0 Å². The summed E-state index contributed by atoms with van der Waals surface area (Å²) < 4.78 is 5.24. The SMILES string of the molecule is c1ccc2c(c1)sc1ccc3c4cccc5c6cccc7[nH]c8cccc(c8c76)n(c54)c3c12. The second-order valence-electron chi connectivity index (χ2n) is 9.02. The second kappa shape index (κ2) is 5.45. The first-order valence-corrected chi connectivity index (χ1v) is 12.1. The number of thiophene rings is 1. The minimum Gasteiger partial charge on any atom is -0.354 e. The summed E-state index contributed by atoms with van der Waals surface area (Å²) in [5, 5.41) is 10.6. The molecule has 4 aromatic heterocycles.